The molecule has 9 heteroatoms. The summed E-state index contributed by atoms with van der Waals surface area (Å²) in [4.78, 5) is 10.3. The molecule has 0 bridgehead atoms. The maximum absolute atomic E-state index is 11.9. The van der Waals surface area contributed by atoms with E-state index in [1.165, 1.54) is 12.1 Å². The van der Waals surface area contributed by atoms with Crippen molar-refractivity contribution in [2.45, 2.75) is 11.8 Å². The second-order valence-corrected chi connectivity index (χ2v) is 7.18. The summed E-state index contributed by atoms with van der Waals surface area (Å²) >= 11 is 6.02. The predicted molar refractivity (Wildman–Crippen MR) is 93.9 cm³/mol. The number of carbonyl (C=O) groups excluding carboxylic acids is 1. The van der Waals surface area contributed by atoms with Crippen molar-refractivity contribution in [2.24, 2.45) is 5.10 Å². The van der Waals surface area contributed by atoms with E-state index in [1.54, 1.807) is 37.3 Å². The van der Waals surface area contributed by atoms with Crippen molar-refractivity contribution in [2.75, 3.05) is 12.0 Å². The van der Waals surface area contributed by atoms with Crippen LogP contribution < -0.4 is 15.3 Å². The molecule has 2 aromatic carbocycles. The molecule has 7 nitrogen and oxygen atoms in total. The zero-order chi connectivity index (χ0) is 18.4. The van der Waals surface area contributed by atoms with Crippen LogP contribution in [0.4, 0.5) is 5.69 Å². The fourth-order valence-corrected chi connectivity index (χ4v) is 3.02. The SMILES string of the molecule is C/C(=N/Nc1ccccc1Cl)c1ccc(S(=O)(=O)NCC(=O)[O-])cc1. The second kappa shape index (κ2) is 8.11. The number of hydrogen-bond donors (Lipinski definition) is 2. The highest BCUT2D eigenvalue weighted by Gasteiger charge is 2.13. The number of sulfonamides is 1. The lowest BCUT2D eigenvalue weighted by atomic mass is 10.1. The van der Waals surface area contributed by atoms with Gasteiger partial charge in [0.05, 0.1) is 33.8 Å². The number of halogens is 1. The van der Waals surface area contributed by atoms with Gasteiger partial charge in [0, 0.05) is 0 Å². The van der Waals surface area contributed by atoms with Gasteiger partial charge in [-0.05, 0) is 36.8 Å². The van der Waals surface area contributed by atoms with Crippen molar-refractivity contribution in [1.29, 1.82) is 0 Å². The molecule has 0 aliphatic carbocycles. The van der Waals surface area contributed by atoms with Gasteiger partial charge in [-0.15, -0.1) is 0 Å². The number of hydrogen-bond acceptors (Lipinski definition) is 6. The van der Waals surface area contributed by atoms with Crippen LogP contribution in [0.25, 0.3) is 0 Å². The minimum Gasteiger partial charge on any atom is -0.549 e. The first-order valence-electron chi connectivity index (χ1n) is 7.14. The molecule has 0 aliphatic rings. The Balaban J connectivity index is 2.12. The number of para-hydroxylation sites is 1. The van der Waals surface area contributed by atoms with E-state index in [0.717, 1.165) is 0 Å². The molecule has 0 atom stereocenters. The number of carbonyl (C=O) groups is 1. The van der Waals surface area contributed by atoms with Crippen molar-refractivity contribution in [3.63, 3.8) is 0 Å². The largest absolute Gasteiger partial charge is 0.549 e. The number of anilines is 1. The van der Waals surface area contributed by atoms with Crippen LogP contribution in [0.1, 0.15) is 12.5 Å². The van der Waals surface area contributed by atoms with Crippen molar-refractivity contribution >= 4 is 39.0 Å². The number of aliphatic carboxylic acids is 1. The average molecular weight is 381 g/mol. The molecule has 0 radical (unpaired) electrons. The van der Waals surface area contributed by atoms with Gasteiger partial charge >= 0.3 is 0 Å². The van der Waals surface area contributed by atoms with E-state index >= 15 is 0 Å². The number of carboxylic acids is 1. The molecule has 0 heterocycles. The summed E-state index contributed by atoms with van der Waals surface area (Å²) in [6.45, 7) is 0.966. The van der Waals surface area contributed by atoms with Gasteiger partial charge in [-0.25, -0.2) is 13.1 Å². The molecule has 0 fully saturated rings. The Morgan fingerprint density at radius 1 is 1.16 bits per heavy atom. The van der Waals surface area contributed by atoms with Crippen LogP contribution in [0, 0.1) is 0 Å². The highest BCUT2D eigenvalue weighted by atomic mass is 35.5. The van der Waals surface area contributed by atoms with Crippen LogP contribution in [0.3, 0.4) is 0 Å². The van der Waals surface area contributed by atoms with E-state index < -0.39 is 22.5 Å². The van der Waals surface area contributed by atoms with E-state index in [1.807, 2.05) is 10.8 Å². The van der Waals surface area contributed by atoms with Crippen LogP contribution in [-0.4, -0.2) is 26.6 Å². The molecular formula is C16H15ClN3O4S-. The molecule has 132 valence electrons. The first-order valence-corrected chi connectivity index (χ1v) is 9.00. The van der Waals surface area contributed by atoms with E-state index in [2.05, 4.69) is 10.5 Å². The maximum Gasteiger partial charge on any atom is 0.240 e. The number of carboxylic acid groups (broad SMARTS) is 1. The minimum atomic E-state index is -3.90. The average Bonchev–Trinajstić information content (AvgIpc) is 2.59. The Kier molecular flexibility index (Phi) is 6.13. The fourth-order valence-electron chi connectivity index (χ4n) is 1.87. The zero-order valence-electron chi connectivity index (χ0n) is 13.2. The normalized spacial score (nSPS) is 12.0. The number of hydrazone groups is 1. The lowest BCUT2D eigenvalue weighted by Gasteiger charge is -2.08. The molecule has 2 rings (SSSR count). The lowest BCUT2D eigenvalue weighted by molar-refractivity contribution is -0.303. The Labute approximate surface area is 150 Å². The smallest absolute Gasteiger partial charge is 0.240 e. The topological polar surface area (TPSA) is 111 Å². The number of nitrogens with zero attached hydrogens (tertiary/aromatic N) is 1. The van der Waals surface area contributed by atoms with E-state index in [4.69, 9.17) is 11.6 Å². The van der Waals surface area contributed by atoms with Crippen molar-refractivity contribution < 1.29 is 18.3 Å². The molecule has 0 saturated carbocycles. The standard InChI is InChI=1S/C16H16ClN3O4S/c1-11(19-20-15-5-3-2-4-14(15)17)12-6-8-13(9-7-12)25(23,24)18-10-16(21)22/h2-9,18,20H,10H2,1H3,(H,21,22)/p-1/b19-11-. The number of benzene rings is 2. The lowest BCUT2D eigenvalue weighted by Crippen LogP contribution is -2.37. The molecular weight excluding hydrogens is 366 g/mol. The molecule has 2 aromatic rings. The summed E-state index contributed by atoms with van der Waals surface area (Å²) in [5.41, 5.74) is 4.80. The summed E-state index contributed by atoms with van der Waals surface area (Å²) in [5.74, 6) is -1.51. The Bertz CT molecular complexity index is 896. The number of nitrogens with one attached hydrogen (secondary N) is 2. The van der Waals surface area contributed by atoms with Crippen molar-refractivity contribution in [3.05, 3.63) is 59.1 Å². The number of rotatable bonds is 7. The van der Waals surface area contributed by atoms with Gasteiger partial charge in [-0.2, -0.15) is 5.10 Å². The molecule has 25 heavy (non-hydrogen) atoms. The van der Waals surface area contributed by atoms with Crippen LogP contribution in [0.15, 0.2) is 58.5 Å². The van der Waals surface area contributed by atoms with Crippen molar-refractivity contribution in [1.82, 2.24) is 4.72 Å². The molecule has 0 amide bonds. The Hall–Kier alpha value is -2.42. The minimum absolute atomic E-state index is 0.0515. The summed E-state index contributed by atoms with van der Waals surface area (Å²) < 4.78 is 25.7. The Morgan fingerprint density at radius 2 is 1.80 bits per heavy atom. The molecule has 2 N–H and O–H groups in total. The summed E-state index contributed by atoms with van der Waals surface area (Å²) in [5, 5.41) is 15.1. The van der Waals surface area contributed by atoms with Gasteiger partial charge in [0.2, 0.25) is 10.0 Å². The summed E-state index contributed by atoms with van der Waals surface area (Å²) in [7, 11) is -3.90. The maximum atomic E-state index is 11.9. The predicted octanol–water partition coefficient (Wildman–Crippen LogP) is 1.20. The summed E-state index contributed by atoms with van der Waals surface area (Å²) in [6, 6.07) is 13.0. The molecule has 0 unspecified atom stereocenters. The highest BCUT2D eigenvalue weighted by molar-refractivity contribution is 7.89. The van der Waals surface area contributed by atoms with E-state index in [-0.39, 0.29) is 4.90 Å². The first-order chi connectivity index (χ1) is 11.8. The third-order valence-corrected chi connectivity index (χ3v) is 4.95. The van der Waals surface area contributed by atoms with Crippen LogP contribution in [0.2, 0.25) is 5.02 Å². The fraction of sp³-hybridized carbons (Fsp3) is 0.125. The Morgan fingerprint density at radius 3 is 2.40 bits per heavy atom. The molecule has 0 aromatic heterocycles. The molecule has 0 aliphatic heterocycles. The van der Waals surface area contributed by atoms with Gasteiger partial charge in [-0.1, -0.05) is 35.9 Å². The van der Waals surface area contributed by atoms with Gasteiger partial charge in [-0.3, -0.25) is 5.43 Å². The van der Waals surface area contributed by atoms with E-state index in [9.17, 15) is 18.3 Å². The van der Waals surface area contributed by atoms with Crippen LogP contribution in [-0.2, 0) is 14.8 Å². The quantitative estimate of drug-likeness (QED) is 0.554. The van der Waals surface area contributed by atoms with Crippen LogP contribution >= 0.6 is 11.6 Å². The monoisotopic (exact) mass is 380 g/mol. The van der Waals surface area contributed by atoms with Gasteiger partial charge < -0.3 is 9.90 Å². The first kappa shape index (κ1) is 18.9. The molecule has 0 spiro atoms. The highest BCUT2D eigenvalue weighted by Crippen LogP contribution is 2.20. The second-order valence-electron chi connectivity index (χ2n) is 5.01. The van der Waals surface area contributed by atoms with Gasteiger partial charge in [0.15, 0.2) is 0 Å². The van der Waals surface area contributed by atoms with E-state index in [0.29, 0.717) is 22.0 Å². The van der Waals surface area contributed by atoms with Gasteiger partial charge in [0.1, 0.15) is 0 Å². The third-order valence-electron chi connectivity index (χ3n) is 3.21. The zero-order valence-corrected chi connectivity index (χ0v) is 14.8. The van der Waals surface area contributed by atoms with Crippen molar-refractivity contribution in [3.8, 4) is 0 Å². The molecule has 0 saturated heterocycles. The summed E-state index contributed by atoms with van der Waals surface area (Å²) in [6.07, 6.45) is 0. The van der Waals surface area contributed by atoms with Crippen LogP contribution in [0.5, 0.6) is 0 Å². The third kappa shape index (κ3) is 5.28. The van der Waals surface area contributed by atoms with Gasteiger partial charge in [0.25, 0.3) is 0 Å².